The third-order valence-corrected chi connectivity index (χ3v) is 3.80. The van der Waals surface area contributed by atoms with Gasteiger partial charge in [0.15, 0.2) is 0 Å². The predicted molar refractivity (Wildman–Crippen MR) is 95.0 cm³/mol. The highest BCUT2D eigenvalue weighted by molar-refractivity contribution is 9.10. The van der Waals surface area contributed by atoms with Crippen molar-refractivity contribution in [1.29, 1.82) is 0 Å². The molecule has 2 aromatic heterocycles. The Hall–Kier alpha value is -2.34. The molecule has 0 atom stereocenters. The number of rotatable bonds is 5. The van der Waals surface area contributed by atoms with Gasteiger partial charge in [-0.05, 0) is 49.7 Å². The fourth-order valence-electron chi connectivity index (χ4n) is 2.20. The van der Waals surface area contributed by atoms with Crippen molar-refractivity contribution in [2.45, 2.75) is 20.4 Å². The van der Waals surface area contributed by atoms with Crippen molar-refractivity contribution in [3.05, 3.63) is 64.2 Å². The Morgan fingerprint density at radius 2 is 2.00 bits per heavy atom. The summed E-state index contributed by atoms with van der Waals surface area (Å²) in [4.78, 5) is 8.91. The van der Waals surface area contributed by atoms with Gasteiger partial charge in [-0.3, -0.25) is 0 Å². The van der Waals surface area contributed by atoms with E-state index in [1.165, 1.54) is 0 Å². The minimum atomic E-state index is 0.549. The van der Waals surface area contributed by atoms with E-state index in [0.717, 1.165) is 33.0 Å². The lowest BCUT2D eigenvalue weighted by atomic mass is 10.2. The van der Waals surface area contributed by atoms with Crippen LogP contribution in [0.3, 0.4) is 0 Å². The fourth-order valence-corrected chi connectivity index (χ4v) is 2.67. The Morgan fingerprint density at radius 3 is 2.74 bits per heavy atom. The second-order valence-electron chi connectivity index (χ2n) is 5.24. The topological polar surface area (TPSA) is 63.0 Å². The first-order chi connectivity index (χ1) is 11.1. The maximum absolute atomic E-state index is 5.30. The van der Waals surface area contributed by atoms with Gasteiger partial charge in [-0.15, -0.1) is 0 Å². The van der Waals surface area contributed by atoms with Crippen LogP contribution in [0.25, 0.3) is 0 Å². The van der Waals surface area contributed by atoms with E-state index < -0.39 is 0 Å². The molecule has 0 aliphatic carbocycles. The largest absolute Gasteiger partial charge is 0.467 e. The number of nitrogens with zero attached hydrogens (tertiary/aromatic N) is 2. The van der Waals surface area contributed by atoms with Crippen molar-refractivity contribution < 1.29 is 4.42 Å². The Labute approximate surface area is 143 Å². The van der Waals surface area contributed by atoms with Gasteiger partial charge in [0, 0.05) is 21.9 Å². The summed E-state index contributed by atoms with van der Waals surface area (Å²) in [6.45, 7) is 4.55. The second kappa shape index (κ2) is 6.83. The summed E-state index contributed by atoms with van der Waals surface area (Å²) in [5.41, 5.74) is 3.04. The Balaban J connectivity index is 1.77. The molecular formula is C17H17BrN4O. The number of aromatic nitrogens is 2. The minimum absolute atomic E-state index is 0.549. The summed E-state index contributed by atoms with van der Waals surface area (Å²) >= 11 is 3.47. The van der Waals surface area contributed by atoms with Gasteiger partial charge in [-0.2, -0.15) is 4.98 Å². The lowest BCUT2D eigenvalue weighted by molar-refractivity contribution is 0.517. The minimum Gasteiger partial charge on any atom is -0.467 e. The molecule has 3 rings (SSSR count). The van der Waals surface area contributed by atoms with Crippen LogP contribution in [0.15, 0.2) is 51.6 Å². The van der Waals surface area contributed by atoms with E-state index in [1.54, 1.807) is 6.26 Å². The molecule has 0 saturated carbocycles. The molecule has 0 saturated heterocycles. The van der Waals surface area contributed by atoms with Crippen LogP contribution in [0.4, 0.5) is 17.5 Å². The van der Waals surface area contributed by atoms with Crippen LogP contribution in [-0.2, 0) is 6.54 Å². The molecule has 0 radical (unpaired) electrons. The third kappa shape index (κ3) is 4.10. The van der Waals surface area contributed by atoms with E-state index >= 15 is 0 Å². The van der Waals surface area contributed by atoms with E-state index in [4.69, 9.17) is 4.42 Å². The molecule has 23 heavy (non-hydrogen) atoms. The molecule has 1 aromatic carbocycles. The van der Waals surface area contributed by atoms with Crippen LogP contribution in [0.2, 0.25) is 0 Å². The Morgan fingerprint density at radius 1 is 1.13 bits per heavy atom. The maximum atomic E-state index is 5.30. The van der Waals surface area contributed by atoms with Crippen LogP contribution >= 0.6 is 15.9 Å². The predicted octanol–water partition coefficient (Wildman–Crippen LogP) is 4.80. The molecule has 6 heteroatoms. The molecular weight excluding hydrogens is 356 g/mol. The highest BCUT2D eigenvalue weighted by Gasteiger charge is 2.05. The number of halogens is 1. The van der Waals surface area contributed by atoms with E-state index in [-0.39, 0.29) is 0 Å². The van der Waals surface area contributed by atoms with Crippen molar-refractivity contribution in [1.82, 2.24) is 9.97 Å². The number of furan rings is 1. The van der Waals surface area contributed by atoms with Crippen molar-refractivity contribution >= 4 is 33.4 Å². The van der Waals surface area contributed by atoms with E-state index in [9.17, 15) is 0 Å². The van der Waals surface area contributed by atoms with Crippen molar-refractivity contribution in [2.24, 2.45) is 0 Å². The van der Waals surface area contributed by atoms with Gasteiger partial charge >= 0.3 is 0 Å². The zero-order valence-electron chi connectivity index (χ0n) is 12.9. The van der Waals surface area contributed by atoms with E-state index in [1.807, 2.05) is 37.3 Å². The van der Waals surface area contributed by atoms with Gasteiger partial charge in [0.05, 0.1) is 12.8 Å². The molecule has 2 N–H and O–H groups in total. The van der Waals surface area contributed by atoms with Crippen LogP contribution in [-0.4, -0.2) is 9.97 Å². The number of nitrogens with one attached hydrogen (secondary N) is 2. The molecule has 0 aliphatic rings. The molecule has 0 unspecified atom stereocenters. The summed E-state index contributed by atoms with van der Waals surface area (Å²) in [7, 11) is 0. The number of aryl methyl sites for hydroxylation is 2. The molecule has 2 heterocycles. The van der Waals surface area contributed by atoms with Gasteiger partial charge in [-0.1, -0.05) is 15.9 Å². The number of anilines is 3. The Bertz CT molecular complexity index is 802. The fraction of sp³-hybridized carbons (Fsp3) is 0.176. The van der Waals surface area contributed by atoms with Crippen molar-refractivity contribution in [3.63, 3.8) is 0 Å². The number of hydrogen-bond donors (Lipinski definition) is 2. The Kier molecular flexibility index (Phi) is 4.62. The lowest BCUT2D eigenvalue weighted by Gasteiger charge is -2.11. The van der Waals surface area contributed by atoms with Gasteiger partial charge < -0.3 is 15.1 Å². The molecule has 0 aliphatic heterocycles. The van der Waals surface area contributed by atoms with Crippen LogP contribution in [0, 0.1) is 13.8 Å². The summed E-state index contributed by atoms with van der Waals surface area (Å²) < 4.78 is 6.36. The second-order valence-corrected chi connectivity index (χ2v) is 6.15. The van der Waals surface area contributed by atoms with Crippen molar-refractivity contribution in [2.75, 3.05) is 10.6 Å². The number of hydrogen-bond acceptors (Lipinski definition) is 5. The quantitative estimate of drug-likeness (QED) is 0.672. The zero-order valence-corrected chi connectivity index (χ0v) is 14.5. The monoisotopic (exact) mass is 372 g/mol. The molecule has 0 spiro atoms. The summed E-state index contributed by atoms with van der Waals surface area (Å²) in [6, 6.07) is 11.8. The van der Waals surface area contributed by atoms with Crippen LogP contribution < -0.4 is 10.6 Å². The molecule has 0 fully saturated rings. The third-order valence-electron chi connectivity index (χ3n) is 3.31. The van der Waals surface area contributed by atoms with E-state index in [0.29, 0.717) is 12.5 Å². The van der Waals surface area contributed by atoms with Gasteiger partial charge in [-0.25, -0.2) is 4.98 Å². The average molecular weight is 373 g/mol. The van der Waals surface area contributed by atoms with Gasteiger partial charge in [0.1, 0.15) is 11.6 Å². The molecule has 118 valence electrons. The average Bonchev–Trinajstić information content (AvgIpc) is 3.01. The first-order valence-electron chi connectivity index (χ1n) is 7.25. The number of benzene rings is 1. The smallest absolute Gasteiger partial charge is 0.225 e. The van der Waals surface area contributed by atoms with Crippen LogP contribution in [0.1, 0.15) is 17.0 Å². The SMILES string of the molecule is Cc1cc(Nc2ccc(Br)cc2C)nc(NCc2ccco2)n1. The summed E-state index contributed by atoms with van der Waals surface area (Å²) in [5, 5.41) is 6.51. The van der Waals surface area contributed by atoms with E-state index in [2.05, 4.69) is 49.5 Å². The normalized spacial score (nSPS) is 10.6. The van der Waals surface area contributed by atoms with Gasteiger partial charge in [0.25, 0.3) is 0 Å². The van der Waals surface area contributed by atoms with Crippen molar-refractivity contribution in [3.8, 4) is 0 Å². The summed E-state index contributed by atoms with van der Waals surface area (Å²) in [6.07, 6.45) is 1.65. The zero-order chi connectivity index (χ0) is 16.2. The van der Waals surface area contributed by atoms with Gasteiger partial charge in [0.2, 0.25) is 5.95 Å². The lowest BCUT2D eigenvalue weighted by Crippen LogP contribution is -2.06. The standard InChI is InChI=1S/C17H17BrN4O/c1-11-8-13(18)5-6-15(11)21-16-9-12(2)20-17(22-16)19-10-14-4-3-7-23-14/h3-9H,10H2,1-2H3,(H2,19,20,21,22). The molecule has 0 bridgehead atoms. The van der Waals surface area contributed by atoms with Crippen LogP contribution in [0.5, 0.6) is 0 Å². The molecule has 5 nitrogen and oxygen atoms in total. The molecule has 0 amide bonds. The highest BCUT2D eigenvalue weighted by atomic mass is 79.9. The first-order valence-corrected chi connectivity index (χ1v) is 8.04. The maximum Gasteiger partial charge on any atom is 0.225 e. The summed E-state index contributed by atoms with van der Waals surface area (Å²) in [5.74, 6) is 2.16. The highest BCUT2D eigenvalue weighted by Crippen LogP contribution is 2.23. The molecule has 3 aromatic rings. The first kappa shape index (κ1) is 15.6.